The van der Waals surface area contributed by atoms with E-state index in [-0.39, 0.29) is 34.3 Å². The molecule has 0 aliphatic heterocycles. The zero-order chi connectivity index (χ0) is 27.7. The fourth-order valence-corrected chi connectivity index (χ4v) is 5.10. The lowest BCUT2D eigenvalue weighted by Crippen LogP contribution is -2.15. The van der Waals surface area contributed by atoms with Crippen LogP contribution < -0.4 is 15.8 Å². The van der Waals surface area contributed by atoms with Gasteiger partial charge in [0.25, 0.3) is 5.91 Å². The molecule has 5 N–H and O–H groups in total. The van der Waals surface area contributed by atoms with E-state index in [0.29, 0.717) is 16.1 Å². The summed E-state index contributed by atoms with van der Waals surface area (Å²) < 4.78 is 66.7. The molecular weight excluding hydrogens is 545 g/mol. The van der Waals surface area contributed by atoms with Gasteiger partial charge in [-0.05, 0) is 42.3 Å². The van der Waals surface area contributed by atoms with Gasteiger partial charge in [-0.2, -0.15) is 18.3 Å². The fraction of sp³-hybridized carbons (Fsp3) is 0.125. The predicted molar refractivity (Wildman–Crippen MR) is 137 cm³/mol. The van der Waals surface area contributed by atoms with Crippen molar-refractivity contribution in [3.63, 3.8) is 0 Å². The second-order valence-corrected chi connectivity index (χ2v) is 10.3. The number of aromatic amines is 1. The van der Waals surface area contributed by atoms with E-state index in [0.717, 1.165) is 17.7 Å². The van der Waals surface area contributed by atoms with Crippen LogP contribution in [-0.2, 0) is 22.0 Å². The number of nitrogens with zero attached hydrogens (tertiary/aromatic N) is 2. The highest BCUT2D eigenvalue weighted by Crippen LogP contribution is 2.32. The van der Waals surface area contributed by atoms with Gasteiger partial charge in [0.2, 0.25) is 10.0 Å². The van der Waals surface area contributed by atoms with Crippen molar-refractivity contribution >= 4 is 44.9 Å². The molecule has 0 saturated heterocycles. The summed E-state index contributed by atoms with van der Waals surface area (Å²) in [6, 6.07) is 14.3. The number of aromatic nitrogens is 3. The quantitative estimate of drug-likeness (QED) is 0.230. The molecule has 4 aromatic rings. The largest absolute Gasteiger partial charge is 0.433 e. The molecule has 0 bridgehead atoms. The first kappa shape index (κ1) is 26.9. The van der Waals surface area contributed by atoms with Crippen LogP contribution in [0.4, 0.5) is 30.5 Å². The van der Waals surface area contributed by atoms with Crippen molar-refractivity contribution < 1.29 is 26.4 Å². The number of pyridine rings is 1. The number of amides is 1. The van der Waals surface area contributed by atoms with Gasteiger partial charge in [0.05, 0.1) is 11.4 Å². The van der Waals surface area contributed by atoms with Gasteiger partial charge in [0, 0.05) is 16.3 Å². The van der Waals surface area contributed by atoms with Crippen LogP contribution in [0.3, 0.4) is 0 Å². The molecule has 2 heterocycles. The minimum absolute atomic E-state index is 0.119. The van der Waals surface area contributed by atoms with Gasteiger partial charge in [0.1, 0.15) is 17.1 Å². The molecule has 0 fully saturated rings. The Morgan fingerprint density at radius 3 is 2.42 bits per heavy atom. The predicted octanol–water partition coefficient (Wildman–Crippen LogP) is 5.24. The highest BCUT2D eigenvalue weighted by atomic mass is 35.5. The number of benzene rings is 2. The number of hydrogen-bond acceptors (Lipinski definition) is 6. The average Bonchev–Trinajstić information content (AvgIpc) is 3.25. The zero-order valence-corrected chi connectivity index (χ0v) is 21.2. The first-order chi connectivity index (χ1) is 17.8. The van der Waals surface area contributed by atoms with Crippen molar-refractivity contribution in [2.75, 3.05) is 10.0 Å². The summed E-state index contributed by atoms with van der Waals surface area (Å²) in [5.41, 5.74) is 6.33. The molecule has 0 aliphatic rings. The van der Waals surface area contributed by atoms with Crippen molar-refractivity contribution in [3.8, 4) is 11.3 Å². The summed E-state index contributed by atoms with van der Waals surface area (Å²) in [7, 11) is -3.80. The van der Waals surface area contributed by atoms with Gasteiger partial charge >= 0.3 is 6.18 Å². The van der Waals surface area contributed by atoms with Crippen LogP contribution in [0.2, 0.25) is 5.02 Å². The van der Waals surface area contributed by atoms with Crippen molar-refractivity contribution in [3.05, 3.63) is 88.1 Å². The number of halogens is 4. The lowest BCUT2D eigenvalue weighted by Gasteiger charge is -2.11. The Balaban J connectivity index is 1.55. The molecule has 38 heavy (non-hydrogen) atoms. The second kappa shape index (κ2) is 10.3. The number of carbonyl (C=O) groups is 1. The number of rotatable bonds is 8. The third-order valence-electron chi connectivity index (χ3n) is 5.36. The van der Waals surface area contributed by atoms with Gasteiger partial charge in [-0.15, -0.1) is 0 Å². The minimum Gasteiger partial charge on any atom is -0.365 e. The maximum atomic E-state index is 13.0. The van der Waals surface area contributed by atoms with E-state index >= 15 is 0 Å². The van der Waals surface area contributed by atoms with Gasteiger partial charge in [-0.25, -0.2) is 13.4 Å². The first-order valence-electron chi connectivity index (χ1n) is 10.9. The zero-order valence-electron chi connectivity index (χ0n) is 19.6. The average molecular weight is 565 g/mol. The van der Waals surface area contributed by atoms with Crippen LogP contribution in [0.25, 0.3) is 11.3 Å². The number of hydrogen-bond donors (Lipinski definition) is 4. The summed E-state index contributed by atoms with van der Waals surface area (Å²) in [6.45, 7) is 1.78. The molecule has 0 saturated carbocycles. The summed E-state index contributed by atoms with van der Waals surface area (Å²) in [4.78, 5) is 15.7. The summed E-state index contributed by atoms with van der Waals surface area (Å²) >= 11 is 6.21. The maximum absolute atomic E-state index is 13.0. The number of sulfonamides is 1. The number of H-pyrrole nitrogens is 1. The Morgan fingerprint density at radius 2 is 1.76 bits per heavy atom. The first-order valence-corrected chi connectivity index (χ1v) is 12.9. The minimum atomic E-state index is -4.66. The molecule has 0 aliphatic carbocycles. The Morgan fingerprint density at radius 1 is 1.08 bits per heavy atom. The SMILES string of the molecule is Cc1cccc(CS(=O)(=O)Nc2ccc(-c3[nH]nc(Nc4cccc(C(F)(F)F)n4)c3C(N)=O)cc2)c1Cl. The Bertz CT molecular complexity index is 1610. The monoisotopic (exact) mass is 564 g/mol. The van der Waals surface area contributed by atoms with Gasteiger partial charge < -0.3 is 11.1 Å². The van der Waals surface area contributed by atoms with Gasteiger partial charge in [-0.1, -0.05) is 48.0 Å². The van der Waals surface area contributed by atoms with E-state index < -0.39 is 27.8 Å². The van der Waals surface area contributed by atoms with Crippen molar-refractivity contribution in [2.45, 2.75) is 18.9 Å². The van der Waals surface area contributed by atoms with Crippen molar-refractivity contribution in [1.82, 2.24) is 15.2 Å². The van der Waals surface area contributed by atoms with Crippen LogP contribution in [0, 0.1) is 6.92 Å². The molecule has 9 nitrogen and oxygen atoms in total. The molecular formula is C24H20ClF3N6O3S. The van der Waals surface area contributed by atoms with Crippen molar-refractivity contribution in [2.24, 2.45) is 5.73 Å². The third-order valence-corrected chi connectivity index (χ3v) is 7.14. The van der Waals surface area contributed by atoms with E-state index in [4.69, 9.17) is 17.3 Å². The molecule has 0 atom stereocenters. The number of anilines is 3. The van der Waals surface area contributed by atoms with Crippen molar-refractivity contribution in [1.29, 1.82) is 0 Å². The van der Waals surface area contributed by atoms with E-state index in [2.05, 4.69) is 25.2 Å². The standard InChI is InChI=1S/C24H20ClF3N6O3S/c1-13-4-2-5-15(20(13)25)12-38(36,37)34-16-10-8-14(9-11-16)21-19(22(29)35)23(33-32-21)31-18-7-3-6-17(30-18)24(26,27)28/h2-11,34H,12H2,1H3,(H2,29,35)(H2,30,31,32,33). The topological polar surface area (TPSA) is 143 Å². The second-order valence-electron chi connectivity index (χ2n) is 8.20. The number of carbonyl (C=O) groups excluding carboxylic acids is 1. The normalized spacial score (nSPS) is 11.8. The summed E-state index contributed by atoms with van der Waals surface area (Å²) in [6.07, 6.45) is -4.66. The molecule has 1 amide bonds. The lowest BCUT2D eigenvalue weighted by atomic mass is 10.1. The summed E-state index contributed by atoms with van der Waals surface area (Å²) in [5, 5.41) is 9.54. The number of nitrogens with one attached hydrogen (secondary N) is 3. The number of alkyl halides is 3. The molecule has 14 heteroatoms. The van der Waals surface area contributed by atoms with Gasteiger partial charge in [0.15, 0.2) is 5.82 Å². The molecule has 2 aromatic carbocycles. The lowest BCUT2D eigenvalue weighted by molar-refractivity contribution is -0.141. The number of primary amides is 1. The Labute approximate surface area is 220 Å². The van der Waals surface area contributed by atoms with E-state index in [1.165, 1.54) is 30.3 Å². The van der Waals surface area contributed by atoms with Crippen LogP contribution in [0.1, 0.15) is 27.2 Å². The maximum Gasteiger partial charge on any atom is 0.433 e. The molecule has 0 spiro atoms. The highest BCUT2D eigenvalue weighted by molar-refractivity contribution is 7.91. The third kappa shape index (κ3) is 6.06. The Kier molecular flexibility index (Phi) is 7.33. The van der Waals surface area contributed by atoms with Gasteiger partial charge in [-0.3, -0.25) is 14.6 Å². The summed E-state index contributed by atoms with van der Waals surface area (Å²) in [5.74, 6) is -1.55. The number of aryl methyl sites for hydroxylation is 1. The number of nitrogens with two attached hydrogens (primary N) is 1. The van der Waals surface area contributed by atoms with Crippen LogP contribution >= 0.6 is 11.6 Å². The van der Waals surface area contributed by atoms with E-state index in [9.17, 15) is 26.4 Å². The molecule has 4 rings (SSSR count). The smallest absolute Gasteiger partial charge is 0.365 e. The highest BCUT2D eigenvalue weighted by Gasteiger charge is 2.32. The van der Waals surface area contributed by atoms with E-state index in [1.807, 2.05) is 0 Å². The van der Waals surface area contributed by atoms with E-state index in [1.54, 1.807) is 25.1 Å². The molecule has 0 radical (unpaired) electrons. The fourth-order valence-electron chi connectivity index (χ4n) is 3.61. The van der Waals surface area contributed by atoms with Crippen LogP contribution in [0.15, 0.2) is 60.7 Å². The molecule has 198 valence electrons. The Hall–Kier alpha value is -4.10. The molecule has 0 unspecified atom stereocenters. The molecule has 2 aromatic heterocycles. The van der Waals surface area contributed by atoms with Crippen LogP contribution in [-0.4, -0.2) is 29.5 Å². The van der Waals surface area contributed by atoms with Crippen LogP contribution in [0.5, 0.6) is 0 Å².